The highest BCUT2D eigenvalue weighted by molar-refractivity contribution is 7.89. The zero-order chi connectivity index (χ0) is 19.9. The van der Waals surface area contributed by atoms with Gasteiger partial charge in [-0.2, -0.15) is 0 Å². The van der Waals surface area contributed by atoms with Crippen LogP contribution in [0.2, 0.25) is 5.02 Å². The van der Waals surface area contributed by atoms with E-state index in [2.05, 4.69) is 5.32 Å². The predicted molar refractivity (Wildman–Crippen MR) is 103 cm³/mol. The third-order valence-electron chi connectivity index (χ3n) is 4.13. The molecule has 7 nitrogen and oxygen atoms in total. The summed E-state index contributed by atoms with van der Waals surface area (Å²) in [4.78, 5) is 24.6. The first-order valence-corrected chi connectivity index (χ1v) is 9.67. The fourth-order valence-electron chi connectivity index (χ4n) is 2.54. The molecular formula is C18H15ClN2O5S. The standard InChI is InChI=1S/C18H15ClN2O5S/c1-9-5-12(27(20,24)25)7-14(10(9)2)21-18(23)17-8-15(22)13-6-11(19)3-4-16(13)26-17/h3-8H,1-2H3,(H,21,23)(H2,20,24,25). The second-order valence-corrected chi connectivity index (χ2v) is 8.03. The summed E-state index contributed by atoms with van der Waals surface area (Å²) in [6.07, 6.45) is 0. The molecule has 140 valence electrons. The van der Waals surface area contributed by atoms with Gasteiger partial charge in [0, 0.05) is 16.8 Å². The van der Waals surface area contributed by atoms with E-state index in [1.165, 1.54) is 30.3 Å². The summed E-state index contributed by atoms with van der Waals surface area (Å²) in [5.74, 6) is -0.911. The number of nitrogens with one attached hydrogen (secondary N) is 1. The van der Waals surface area contributed by atoms with Crippen LogP contribution in [0.4, 0.5) is 5.69 Å². The van der Waals surface area contributed by atoms with Crippen molar-refractivity contribution < 1.29 is 17.6 Å². The number of hydrogen-bond acceptors (Lipinski definition) is 5. The van der Waals surface area contributed by atoms with Gasteiger partial charge in [-0.1, -0.05) is 11.6 Å². The molecule has 1 heterocycles. The van der Waals surface area contributed by atoms with Gasteiger partial charge in [0.2, 0.25) is 10.0 Å². The van der Waals surface area contributed by atoms with Crippen LogP contribution in [0.5, 0.6) is 0 Å². The van der Waals surface area contributed by atoms with E-state index in [0.29, 0.717) is 16.1 Å². The molecule has 0 atom stereocenters. The van der Waals surface area contributed by atoms with Gasteiger partial charge in [0.1, 0.15) is 5.58 Å². The van der Waals surface area contributed by atoms with Crippen LogP contribution in [-0.4, -0.2) is 14.3 Å². The van der Waals surface area contributed by atoms with Crippen molar-refractivity contribution in [3.63, 3.8) is 0 Å². The van der Waals surface area contributed by atoms with Crippen LogP contribution in [0, 0.1) is 13.8 Å². The number of nitrogens with two attached hydrogens (primary N) is 1. The zero-order valence-electron chi connectivity index (χ0n) is 14.4. The Kier molecular flexibility index (Phi) is 4.81. The topological polar surface area (TPSA) is 119 Å². The van der Waals surface area contributed by atoms with E-state index < -0.39 is 21.4 Å². The quantitative estimate of drug-likeness (QED) is 0.692. The Morgan fingerprint density at radius 1 is 1.15 bits per heavy atom. The lowest BCUT2D eigenvalue weighted by Crippen LogP contribution is -2.17. The Morgan fingerprint density at radius 2 is 1.85 bits per heavy atom. The van der Waals surface area contributed by atoms with Gasteiger partial charge in [-0.05, 0) is 55.3 Å². The Balaban J connectivity index is 2.03. The van der Waals surface area contributed by atoms with E-state index in [4.69, 9.17) is 21.2 Å². The smallest absolute Gasteiger partial charge is 0.291 e. The van der Waals surface area contributed by atoms with Crippen LogP contribution in [0.3, 0.4) is 0 Å². The minimum absolute atomic E-state index is 0.129. The van der Waals surface area contributed by atoms with Crippen molar-refractivity contribution in [1.29, 1.82) is 0 Å². The molecular weight excluding hydrogens is 392 g/mol. The lowest BCUT2D eigenvalue weighted by atomic mass is 10.1. The number of benzene rings is 2. The van der Waals surface area contributed by atoms with Crippen LogP contribution in [-0.2, 0) is 10.0 Å². The molecule has 0 spiro atoms. The van der Waals surface area contributed by atoms with E-state index in [-0.39, 0.29) is 27.3 Å². The highest BCUT2D eigenvalue weighted by Crippen LogP contribution is 2.24. The Hall–Kier alpha value is -2.68. The van der Waals surface area contributed by atoms with Crippen LogP contribution >= 0.6 is 11.6 Å². The molecule has 0 fully saturated rings. The molecule has 0 aliphatic rings. The van der Waals surface area contributed by atoms with Crippen LogP contribution in [0.1, 0.15) is 21.7 Å². The number of anilines is 1. The van der Waals surface area contributed by atoms with Gasteiger partial charge in [0.15, 0.2) is 11.2 Å². The maximum Gasteiger partial charge on any atom is 0.291 e. The minimum atomic E-state index is -3.94. The molecule has 0 aliphatic carbocycles. The number of rotatable bonds is 3. The number of hydrogen-bond donors (Lipinski definition) is 2. The molecule has 2 aromatic carbocycles. The number of amides is 1. The van der Waals surface area contributed by atoms with Gasteiger partial charge in [-0.15, -0.1) is 0 Å². The van der Waals surface area contributed by atoms with Gasteiger partial charge in [-0.25, -0.2) is 13.6 Å². The van der Waals surface area contributed by atoms with Crippen molar-refractivity contribution in [1.82, 2.24) is 0 Å². The molecule has 0 aliphatic heterocycles. The van der Waals surface area contributed by atoms with Gasteiger partial charge in [-0.3, -0.25) is 9.59 Å². The van der Waals surface area contributed by atoms with E-state index in [0.717, 1.165) is 6.07 Å². The second-order valence-electron chi connectivity index (χ2n) is 6.03. The maximum absolute atomic E-state index is 12.6. The molecule has 1 aromatic heterocycles. The number of sulfonamides is 1. The van der Waals surface area contributed by atoms with Crippen molar-refractivity contribution in [2.24, 2.45) is 5.14 Å². The Labute approximate surface area is 159 Å². The summed E-state index contributed by atoms with van der Waals surface area (Å²) in [5, 5.41) is 8.36. The molecule has 27 heavy (non-hydrogen) atoms. The number of fused-ring (bicyclic) bond motifs is 1. The predicted octanol–water partition coefficient (Wildman–Crippen LogP) is 2.96. The van der Waals surface area contributed by atoms with E-state index in [1.54, 1.807) is 13.8 Å². The van der Waals surface area contributed by atoms with Crippen molar-refractivity contribution in [2.75, 3.05) is 5.32 Å². The zero-order valence-corrected chi connectivity index (χ0v) is 15.9. The van der Waals surface area contributed by atoms with Crippen molar-refractivity contribution in [3.8, 4) is 0 Å². The first kappa shape index (κ1) is 19.1. The highest BCUT2D eigenvalue weighted by Gasteiger charge is 2.17. The lowest BCUT2D eigenvalue weighted by molar-refractivity contribution is 0.0997. The first-order valence-electron chi connectivity index (χ1n) is 7.75. The van der Waals surface area contributed by atoms with Crippen molar-refractivity contribution in [3.05, 3.63) is 68.5 Å². The molecule has 0 unspecified atom stereocenters. The largest absolute Gasteiger partial charge is 0.451 e. The molecule has 0 radical (unpaired) electrons. The van der Waals surface area contributed by atoms with Crippen LogP contribution in [0.25, 0.3) is 11.0 Å². The SMILES string of the molecule is Cc1cc(S(N)(=O)=O)cc(NC(=O)c2cc(=O)c3cc(Cl)ccc3o2)c1C. The normalized spacial score (nSPS) is 11.6. The first-order chi connectivity index (χ1) is 12.6. The van der Waals surface area contributed by atoms with Crippen molar-refractivity contribution >= 4 is 44.2 Å². The third kappa shape index (κ3) is 3.87. The number of carbonyl (C=O) groups excluding carboxylic acids is 1. The molecule has 3 rings (SSSR count). The van der Waals surface area contributed by atoms with E-state index in [9.17, 15) is 18.0 Å². The van der Waals surface area contributed by atoms with E-state index in [1.807, 2.05) is 0 Å². The number of aryl methyl sites for hydroxylation is 1. The summed E-state index contributed by atoms with van der Waals surface area (Å²) in [6, 6.07) is 8.21. The van der Waals surface area contributed by atoms with Gasteiger partial charge >= 0.3 is 0 Å². The summed E-state index contributed by atoms with van der Waals surface area (Å²) >= 11 is 5.86. The minimum Gasteiger partial charge on any atom is -0.451 e. The molecule has 3 N–H and O–H groups in total. The molecule has 1 amide bonds. The number of primary sulfonamides is 1. The molecule has 0 saturated carbocycles. The summed E-state index contributed by atoms with van der Waals surface area (Å²) < 4.78 is 28.7. The van der Waals surface area contributed by atoms with Gasteiger partial charge in [0.05, 0.1) is 10.3 Å². The Morgan fingerprint density at radius 3 is 2.52 bits per heavy atom. The molecule has 3 aromatic rings. The third-order valence-corrected chi connectivity index (χ3v) is 5.26. The second kappa shape index (κ2) is 6.80. The number of carbonyl (C=O) groups is 1. The van der Waals surface area contributed by atoms with Crippen molar-refractivity contribution in [2.45, 2.75) is 18.7 Å². The lowest BCUT2D eigenvalue weighted by Gasteiger charge is -2.12. The maximum atomic E-state index is 12.6. The van der Waals surface area contributed by atoms with Gasteiger partial charge < -0.3 is 9.73 Å². The summed E-state index contributed by atoms with van der Waals surface area (Å²) in [5.41, 5.74) is 1.33. The fourth-order valence-corrected chi connectivity index (χ4v) is 3.34. The molecule has 0 saturated heterocycles. The average Bonchev–Trinajstić information content (AvgIpc) is 2.58. The van der Waals surface area contributed by atoms with E-state index >= 15 is 0 Å². The highest BCUT2D eigenvalue weighted by atomic mass is 35.5. The molecule has 9 heteroatoms. The number of halogens is 1. The van der Waals surface area contributed by atoms with Crippen LogP contribution in [0.15, 0.2) is 50.5 Å². The Bertz CT molecular complexity index is 1250. The monoisotopic (exact) mass is 406 g/mol. The fraction of sp³-hybridized carbons (Fsp3) is 0.111. The molecule has 0 bridgehead atoms. The summed E-state index contributed by atoms with van der Waals surface area (Å²) in [6.45, 7) is 3.41. The van der Waals surface area contributed by atoms with Gasteiger partial charge in [0.25, 0.3) is 5.91 Å². The summed E-state index contributed by atoms with van der Waals surface area (Å²) in [7, 11) is -3.94. The average molecular weight is 407 g/mol. The van der Waals surface area contributed by atoms with Crippen LogP contribution < -0.4 is 15.9 Å².